The molecule has 41 heavy (non-hydrogen) atoms. The molecular formula is C28H38N8O5. The van der Waals surface area contributed by atoms with Crippen molar-refractivity contribution in [2.45, 2.75) is 63.1 Å². The van der Waals surface area contributed by atoms with Crippen molar-refractivity contribution in [3.05, 3.63) is 41.5 Å². The predicted molar refractivity (Wildman–Crippen MR) is 147 cm³/mol. The van der Waals surface area contributed by atoms with Gasteiger partial charge >= 0.3 is 6.09 Å². The van der Waals surface area contributed by atoms with Crippen LogP contribution in [-0.4, -0.2) is 109 Å². The number of rotatable bonds is 2. The summed E-state index contributed by atoms with van der Waals surface area (Å²) in [5, 5.41) is 18.4. The fraction of sp³-hybridized carbons (Fsp3) is 0.607. The fourth-order valence-electron chi connectivity index (χ4n) is 7.10. The largest absolute Gasteiger partial charge is 0.453 e. The molecule has 4 fully saturated rings. The summed E-state index contributed by atoms with van der Waals surface area (Å²) in [6, 6.07) is 6.22. The molecule has 3 amide bonds. The van der Waals surface area contributed by atoms with E-state index in [9.17, 15) is 14.4 Å². The number of piperidine rings is 1. The average Bonchev–Trinajstić information content (AvgIpc) is 3.25. The molecule has 6 heterocycles. The maximum atomic E-state index is 13.6. The van der Waals surface area contributed by atoms with E-state index < -0.39 is 0 Å². The van der Waals surface area contributed by atoms with Gasteiger partial charge in [0.15, 0.2) is 0 Å². The first-order valence-electron chi connectivity index (χ1n) is 14.6. The average molecular weight is 567 g/mol. The molecule has 6 unspecified atom stereocenters. The zero-order valence-corrected chi connectivity index (χ0v) is 23.3. The highest BCUT2D eigenvalue weighted by Crippen LogP contribution is 2.34. The quantitative estimate of drug-likeness (QED) is 0.361. The van der Waals surface area contributed by atoms with E-state index in [1.54, 1.807) is 4.90 Å². The van der Waals surface area contributed by atoms with Crippen LogP contribution in [0.25, 0.3) is 0 Å². The lowest BCUT2D eigenvalue weighted by Crippen LogP contribution is -2.72. The van der Waals surface area contributed by atoms with Crippen LogP contribution in [0.2, 0.25) is 0 Å². The molecular weight excluding hydrogens is 528 g/mol. The van der Waals surface area contributed by atoms with Crippen LogP contribution in [0.1, 0.15) is 30.4 Å². The number of methoxy groups -OCH3 is 1. The lowest BCUT2D eigenvalue weighted by Gasteiger charge is -2.50. The minimum atomic E-state index is -0.303. The minimum Gasteiger partial charge on any atom is -0.453 e. The van der Waals surface area contributed by atoms with Crippen molar-refractivity contribution in [1.82, 2.24) is 35.8 Å². The highest BCUT2D eigenvalue weighted by molar-refractivity contribution is 5.82. The standard InChI is InChI=1S/C28H38N8O5/c1-40-28(39)33-12-9-17-13-19(6-5-18(17)15-33)30-27-29-14-20-24(32-27)36-22-8-7-21-25(31-22)34(23(37)16-41-21)10-3-2-4-11-35(36)26(20)38/h2,4-6,13,20-22,24-25,27,29-32H,3,7-12,14-16H2,1H3/b4-2+. The second-order valence-corrected chi connectivity index (χ2v) is 11.5. The highest BCUT2D eigenvalue weighted by Gasteiger charge is 2.53. The van der Waals surface area contributed by atoms with Crippen LogP contribution in [0.5, 0.6) is 0 Å². The van der Waals surface area contributed by atoms with Crippen LogP contribution in [0.3, 0.4) is 0 Å². The van der Waals surface area contributed by atoms with Gasteiger partial charge in [0, 0.05) is 31.9 Å². The number of morpholine rings is 1. The van der Waals surface area contributed by atoms with Crippen LogP contribution in [-0.2, 0) is 32.0 Å². The Bertz CT molecular complexity index is 1240. The number of hydrogen-bond acceptors (Lipinski definition) is 10. The zero-order chi connectivity index (χ0) is 28.1. The molecule has 0 spiro atoms. The van der Waals surface area contributed by atoms with Crippen molar-refractivity contribution in [2.75, 3.05) is 45.2 Å². The number of nitrogens with one attached hydrogen (secondary N) is 4. The van der Waals surface area contributed by atoms with Crippen molar-refractivity contribution in [3.8, 4) is 0 Å². The van der Waals surface area contributed by atoms with Crippen LogP contribution >= 0.6 is 0 Å². The van der Waals surface area contributed by atoms with Gasteiger partial charge in [0.2, 0.25) is 11.8 Å². The van der Waals surface area contributed by atoms with Gasteiger partial charge in [-0.1, -0.05) is 18.2 Å². The van der Waals surface area contributed by atoms with Gasteiger partial charge in [0.1, 0.15) is 19.1 Å². The summed E-state index contributed by atoms with van der Waals surface area (Å²) in [5.41, 5.74) is 3.29. The molecule has 13 heteroatoms. The number of benzene rings is 1. The Morgan fingerprint density at radius 1 is 1.10 bits per heavy atom. The van der Waals surface area contributed by atoms with E-state index in [2.05, 4.69) is 44.5 Å². The molecule has 4 saturated heterocycles. The van der Waals surface area contributed by atoms with E-state index >= 15 is 0 Å². The van der Waals surface area contributed by atoms with Gasteiger partial charge in [-0.15, -0.1) is 0 Å². The second-order valence-electron chi connectivity index (χ2n) is 11.5. The van der Waals surface area contributed by atoms with Gasteiger partial charge in [-0.3, -0.25) is 30.5 Å². The van der Waals surface area contributed by atoms with Gasteiger partial charge in [0.25, 0.3) is 0 Å². The number of ether oxygens (including phenoxy) is 2. The van der Waals surface area contributed by atoms with Gasteiger partial charge in [-0.05, 0) is 48.9 Å². The molecule has 0 saturated carbocycles. The Morgan fingerprint density at radius 2 is 2.00 bits per heavy atom. The molecule has 1 aromatic rings. The Balaban J connectivity index is 1.09. The third-order valence-corrected chi connectivity index (χ3v) is 9.18. The summed E-state index contributed by atoms with van der Waals surface area (Å²) < 4.78 is 10.8. The topological polar surface area (TPSA) is 131 Å². The van der Waals surface area contributed by atoms with Crippen molar-refractivity contribution >= 4 is 23.6 Å². The summed E-state index contributed by atoms with van der Waals surface area (Å²) >= 11 is 0. The molecule has 2 bridgehead atoms. The first kappa shape index (κ1) is 26.7. The molecule has 220 valence electrons. The predicted octanol–water partition coefficient (Wildman–Crippen LogP) is -0.0762. The Hall–Kier alpha value is -3.23. The van der Waals surface area contributed by atoms with Crippen LogP contribution in [0.4, 0.5) is 10.5 Å². The van der Waals surface area contributed by atoms with E-state index in [4.69, 9.17) is 9.47 Å². The van der Waals surface area contributed by atoms with Crippen LogP contribution in [0.15, 0.2) is 30.4 Å². The third-order valence-electron chi connectivity index (χ3n) is 9.18. The molecule has 0 aliphatic carbocycles. The molecule has 0 radical (unpaired) electrons. The summed E-state index contributed by atoms with van der Waals surface area (Å²) in [6.45, 7) is 2.96. The number of hydrogen-bond donors (Lipinski definition) is 4. The molecule has 6 aliphatic heterocycles. The number of fused-ring (bicyclic) bond motifs is 6. The number of hydrazine groups is 1. The van der Waals surface area contributed by atoms with Gasteiger partial charge < -0.3 is 24.6 Å². The first-order chi connectivity index (χ1) is 20.0. The van der Waals surface area contributed by atoms with E-state index in [1.807, 2.05) is 22.1 Å². The Kier molecular flexibility index (Phi) is 7.07. The summed E-state index contributed by atoms with van der Waals surface area (Å²) in [5.74, 6) is -0.137. The van der Waals surface area contributed by atoms with Crippen molar-refractivity contribution in [2.24, 2.45) is 5.92 Å². The molecule has 1 aromatic carbocycles. The normalized spacial score (nSPS) is 34.2. The summed E-state index contributed by atoms with van der Waals surface area (Å²) in [6.07, 6.45) is 6.09. The van der Waals surface area contributed by atoms with Crippen molar-refractivity contribution < 1.29 is 23.9 Å². The number of carbonyl (C=O) groups excluding carboxylic acids is 3. The monoisotopic (exact) mass is 566 g/mol. The van der Waals surface area contributed by atoms with E-state index in [0.717, 1.165) is 36.9 Å². The summed E-state index contributed by atoms with van der Waals surface area (Å²) in [7, 11) is 1.41. The molecule has 4 N–H and O–H groups in total. The highest BCUT2D eigenvalue weighted by atomic mass is 16.5. The summed E-state index contributed by atoms with van der Waals surface area (Å²) in [4.78, 5) is 42.0. The molecule has 0 aromatic heterocycles. The smallest absolute Gasteiger partial charge is 0.409 e. The SMILES string of the molecule is COC(=O)N1CCc2cc(NC3NCC4C(=O)N5C/C=C/CCN6C(=O)COC7CCC(NC76)N5C4N3)ccc2C1. The lowest BCUT2D eigenvalue weighted by molar-refractivity contribution is -0.175. The number of amides is 3. The van der Waals surface area contributed by atoms with E-state index in [1.165, 1.54) is 12.7 Å². The van der Waals surface area contributed by atoms with Crippen LogP contribution < -0.4 is 21.3 Å². The van der Waals surface area contributed by atoms with E-state index in [-0.39, 0.29) is 61.3 Å². The van der Waals surface area contributed by atoms with Gasteiger partial charge in [-0.25, -0.2) is 4.79 Å². The lowest BCUT2D eigenvalue weighted by atomic mass is 9.99. The fourth-order valence-corrected chi connectivity index (χ4v) is 7.10. The van der Waals surface area contributed by atoms with Gasteiger partial charge in [-0.2, -0.15) is 5.01 Å². The van der Waals surface area contributed by atoms with Crippen molar-refractivity contribution in [3.63, 3.8) is 0 Å². The minimum absolute atomic E-state index is 0.00610. The Morgan fingerprint density at radius 3 is 2.88 bits per heavy atom. The third kappa shape index (κ3) is 4.85. The maximum Gasteiger partial charge on any atom is 0.409 e. The molecule has 7 rings (SSSR count). The maximum absolute atomic E-state index is 13.6. The number of nitrogens with zero attached hydrogens (tertiary/aromatic N) is 4. The van der Waals surface area contributed by atoms with Gasteiger partial charge in [0.05, 0.1) is 38.0 Å². The van der Waals surface area contributed by atoms with Crippen LogP contribution in [0, 0.1) is 5.92 Å². The first-order valence-corrected chi connectivity index (χ1v) is 14.6. The molecule has 6 atom stereocenters. The second kappa shape index (κ2) is 10.9. The zero-order valence-electron chi connectivity index (χ0n) is 23.3. The number of anilines is 1. The van der Waals surface area contributed by atoms with E-state index in [0.29, 0.717) is 32.7 Å². The molecule has 6 aliphatic rings. The number of carbonyl (C=O) groups is 3. The van der Waals surface area contributed by atoms with Crippen molar-refractivity contribution in [1.29, 1.82) is 0 Å². The molecule has 13 nitrogen and oxygen atoms in total. The Labute approximate surface area is 239 Å².